The molecule has 0 aromatic rings. The molecular weight excluding hydrogens is 258 g/mol. The molecule has 0 spiro atoms. The number of fused-ring (bicyclic) bond motifs is 5. The van der Waals surface area contributed by atoms with E-state index in [4.69, 9.17) is 0 Å². The Balaban J connectivity index is 1.69. The minimum Gasteiger partial charge on any atom is -0.318 e. The molecule has 0 aromatic carbocycles. The van der Waals surface area contributed by atoms with Crippen LogP contribution >= 0.6 is 0 Å². The van der Waals surface area contributed by atoms with E-state index in [-0.39, 0.29) is 0 Å². The van der Waals surface area contributed by atoms with Crippen molar-refractivity contribution < 1.29 is 0 Å². The smallest absolute Gasteiger partial charge is 0.119 e. The van der Waals surface area contributed by atoms with Crippen molar-refractivity contribution in [1.29, 1.82) is 0 Å². The lowest BCUT2D eigenvalue weighted by Gasteiger charge is -2.45. The maximum atomic E-state index is 3.15. The molecule has 3 saturated carbocycles. The molecule has 0 bridgehead atoms. The van der Waals surface area contributed by atoms with Gasteiger partial charge in [0.25, 0.3) is 0 Å². The molecule has 0 aromatic heterocycles. The Labute approximate surface area is 126 Å². The van der Waals surface area contributed by atoms with Gasteiger partial charge in [-0.2, -0.15) is 0 Å². The summed E-state index contributed by atoms with van der Waals surface area (Å²) >= 11 is 0. The van der Waals surface area contributed by atoms with E-state index in [2.05, 4.69) is 30.6 Å². The molecule has 6 unspecified atom stereocenters. The minimum absolute atomic E-state index is 0.958. The summed E-state index contributed by atoms with van der Waals surface area (Å²) in [6.45, 7) is 7.82. The van der Waals surface area contributed by atoms with Gasteiger partial charge in [0.2, 0.25) is 0 Å². The van der Waals surface area contributed by atoms with E-state index < -0.39 is 8.24 Å². The minimum atomic E-state index is -1.18. The van der Waals surface area contributed by atoms with Crippen LogP contribution in [0.4, 0.5) is 0 Å². The Kier molecular flexibility index (Phi) is 3.34. The summed E-state index contributed by atoms with van der Waals surface area (Å²) in [7, 11) is -1.18. The average Bonchev–Trinajstić information content (AvgIpc) is 2.92. The molecular formula is C18H32NSi. The number of hydrogen-bond donors (Lipinski definition) is 0. The lowest BCUT2D eigenvalue weighted by atomic mass is 9.78. The molecule has 1 radical (unpaired) electrons. The monoisotopic (exact) mass is 290 g/mol. The van der Waals surface area contributed by atoms with Crippen LogP contribution in [0.2, 0.25) is 19.6 Å². The second kappa shape index (κ2) is 4.84. The van der Waals surface area contributed by atoms with Crippen molar-refractivity contribution in [2.45, 2.75) is 83.1 Å². The summed E-state index contributed by atoms with van der Waals surface area (Å²) in [4.78, 5) is 0. The van der Waals surface area contributed by atoms with Crippen molar-refractivity contribution in [2.24, 2.45) is 23.7 Å². The van der Waals surface area contributed by atoms with E-state index >= 15 is 0 Å². The van der Waals surface area contributed by atoms with Crippen LogP contribution in [-0.2, 0) is 0 Å². The van der Waals surface area contributed by atoms with Crippen LogP contribution < -0.4 is 0 Å². The predicted molar refractivity (Wildman–Crippen MR) is 88.0 cm³/mol. The number of hydrogen-bond acceptors (Lipinski definition) is 1. The third-order valence-electron chi connectivity index (χ3n) is 6.91. The highest BCUT2D eigenvalue weighted by molar-refractivity contribution is 6.73. The number of rotatable bonds is 1. The van der Waals surface area contributed by atoms with Gasteiger partial charge in [0.05, 0.1) is 0 Å². The van der Waals surface area contributed by atoms with Gasteiger partial charge in [-0.1, -0.05) is 45.3 Å². The molecule has 4 rings (SSSR count). The first-order valence-corrected chi connectivity index (χ1v) is 12.7. The molecule has 0 amide bonds. The van der Waals surface area contributed by atoms with Gasteiger partial charge in [0.15, 0.2) is 0 Å². The third kappa shape index (κ3) is 1.97. The third-order valence-corrected chi connectivity index (χ3v) is 9.09. The van der Waals surface area contributed by atoms with Gasteiger partial charge in [0.1, 0.15) is 8.24 Å². The zero-order valence-corrected chi connectivity index (χ0v) is 14.6. The largest absolute Gasteiger partial charge is 0.318 e. The molecule has 3 aliphatic carbocycles. The second-order valence-corrected chi connectivity index (χ2v) is 13.8. The quantitative estimate of drug-likeness (QED) is 0.632. The maximum absolute atomic E-state index is 3.15. The highest BCUT2D eigenvalue weighted by Crippen LogP contribution is 2.58. The second-order valence-electron chi connectivity index (χ2n) is 8.97. The van der Waals surface area contributed by atoms with Crippen LogP contribution in [0.1, 0.15) is 51.4 Å². The Morgan fingerprint density at radius 3 is 2.25 bits per heavy atom. The first kappa shape index (κ1) is 13.8. The molecule has 2 heteroatoms. The zero-order valence-electron chi connectivity index (χ0n) is 13.6. The summed E-state index contributed by atoms with van der Waals surface area (Å²) in [5, 5.41) is 0. The molecule has 113 valence electrons. The predicted octanol–water partition coefficient (Wildman–Crippen LogP) is 4.70. The lowest BCUT2D eigenvalue weighted by Crippen LogP contribution is -2.56. The number of nitrogens with zero attached hydrogens (tertiary/aromatic N) is 1. The van der Waals surface area contributed by atoms with E-state index in [1.807, 2.05) is 0 Å². The Morgan fingerprint density at radius 1 is 0.850 bits per heavy atom. The van der Waals surface area contributed by atoms with Gasteiger partial charge in [-0.25, -0.2) is 0 Å². The molecule has 1 saturated heterocycles. The van der Waals surface area contributed by atoms with Gasteiger partial charge in [-0.3, -0.25) is 0 Å². The molecule has 6 atom stereocenters. The molecule has 1 heterocycles. The van der Waals surface area contributed by atoms with Gasteiger partial charge < -0.3 is 4.57 Å². The average molecular weight is 291 g/mol. The fourth-order valence-electron chi connectivity index (χ4n) is 6.42. The van der Waals surface area contributed by atoms with Crippen LogP contribution in [0.15, 0.2) is 0 Å². The maximum Gasteiger partial charge on any atom is 0.119 e. The van der Waals surface area contributed by atoms with E-state index in [9.17, 15) is 0 Å². The Morgan fingerprint density at radius 2 is 1.50 bits per heavy atom. The Hall–Kier alpha value is 0.177. The molecule has 1 nitrogen and oxygen atoms in total. The summed E-state index contributed by atoms with van der Waals surface area (Å²) in [6.07, 6.45) is 15.0. The van der Waals surface area contributed by atoms with Crippen molar-refractivity contribution in [3.63, 3.8) is 0 Å². The van der Waals surface area contributed by atoms with Crippen molar-refractivity contribution in [1.82, 2.24) is 4.57 Å². The van der Waals surface area contributed by atoms with Crippen LogP contribution in [0.5, 0.6) is 0 Å². The molecule has 0 N–H and O–H groups in total. The zero-order chi connectivity index (χ0) is 13.9. The van der Waals surface area contributed by atoms with E-state index in [1.54, 1.807) is 0 Å². The van der Waals surface area contributed by atoms with Crippen LogP contribution in [-0.4, -0.2) is 24.9 Å². The fraction of sp³-hybridized carbons (Fsp3) is 0.944. The van der Waals surface area contributed by atoms with Crippen LogP contribution in [0, 0.1) is 30.1 Å². The van der Waals surface area contributed by atoms with Crippen molar-refractivity contribution >= 4 is 8.24 Å². The van der Waals surface area contributed by atoms with Crippen molar-refractivity contribution in [3.8, 4) is 0 Å². The van der Waals surface area contributed by atoms with Crippen molar-refractivity contribution in [3.05, 3.63) is 6.42 Å². The molecule has 4 fully saturated rings. The van der Waals surface area contributed by atoms with Crippen LogP contribution in [0.3, 0.4) is 0 Å². The van der Waals surface area contributed by atoms with E-state index in [1.165, 1.54) is 51.4 Å². The van der Waals surface area contributed by atoms with E-state index in [0.29, 0.717) is 0 Å². The molecule has 4 aliphatic rings. The molecule has 1 aliphatic heterocycles. The first-order chi connectivity index (χ1) is 9.57. The highest BCUT2D eigenvalue weighted by Gasteiger charge is 2.59. The van der Waals surface area contributed by atoms with Crippen LogP contribution in [0.25, 0.3) is 0 Å². The Bertz CT molecular complexity index is 372. The van der Waals surface area contributed by atoms with E-state index in [0.717, 1.165) is 35.8 Å². The van der Waals surface area contributed by atoms with Gasteiger partial charge in [0, 0.05) is 12.1 Å². The summed E-state index contributed by atoms with van der Waals surface area (Å²) < 4.78 is 3.15. The highest BCUT2D eigenvalue weighted by atomic mass is 28.3. The normalized spacial score (nSPS) is 48.8. The lowest BCUT2D eigenvalue weighted by molar-refractivity contribution is 0.166. The summed E-state index contributed by atoms with van der Waals surface area (Å²) in [5.74, 6) is 4.03. The standard InChI is InChI=1S/C18H32NSi/c1-20(2,3)19-17-11-7-6-10-15(17)16-12-13-8-4-5-9-14(13)18(16)19/h12-18H,4-11H2,1-3H3. The van der Waals surface area contributed by atoms with Gasteiger partial charge in [-0.15, -0.1) is 0 Å². The van der Waals surface area contributed by atoms with Crippen molar-refractivity contribution in [2.75, 3.05) is 0 Å². The summed E-state index contributed by atoms with van der Waals surface area (Å²) in [5.41, 5.74) is 0. The summed E-state index contributed by atoms with van der Waals surface area (Å²) in [6, 6.07) is 1.92. The first-order valence-electron chi connectivity index (χ1n) is 9.21. The van der Waals surface area contributed by atoms with Gasteiger partial charge in [-0.05, 0) is 55.8 Å². The van der Waals surface area contributed by atoms with Gasteiger partial charge >= 0.3 is 0 Å². The fourth-order valence-corrected chi connectivity index (χ4v) is 9.00. The molecule has 20 heavy (non-hydrogen) atoms. The topological polar surface area (TPSA) is 3.24 Å². The SMILES string of the molecule is C[Si](C)(C)N1C2CCCCC2C2[CH]C3CCCCC3C21.